The Kier molecular flexibility index (Phi) is 4.55. The van der Waals surface area contributed by atoms with Crippen LogP contribution in [0.25, 0.3) is 0 Å². The van der Waals surface area contributed by atoms with E-state index in [-0.39, 0.29) is 11.4 Å². The number of carbonyl (C=O) groups excluding carboxylic acids is 1. The summed E-state index contributed by atoms with van der Waals surface area (Å²) in [5.41, 5.74) is 2.08. The number of aromatic nitrogens is 2. The van der Waals surface area contributed by atoms with Crippen LogP contribution in [-0.2, 0) is 22.1 Å². The van der Waals surface area contributed by atoms with Crippen molar-refractivity contribution in [1.29, 1.82) is 5.26 Å². The zero-order valence-electron chi connectivity index (χ0n) is 14.8. The fourth-order valence-electron chi connectivity index (χ4n) is 2.57. The standard InChI is InChI=1S/C17H16N6O3S/c1-11-14(10-22(2)20-11)15-8-16(23(3)27(25,26)21-15)17(24)19-13-6-4-12(9-18)5-7-13/h4-8,10H,1-3H3,(H,19,24). The molecule has 0 saturated heterocycles. The Bertz CT molecular complexity index is 1120. The Morgan fingerprint density at radius 1 is 1.22 bits per heavy atom. The Labute approximate surface area is 156 Å². The number of benzene rings is 1. The summed E-state index contributed by atoms with van der Waals surface area (Å²) in [6, 6.07) is 8.22. The van der Waals surface area contributed by atoms with Crippen molar-refractivity contribution in [3.63, 3.8) is 0 Å². The maximum atomic E-state index is 12.7. The second-order valence-corrected chi connectivity index (χ2v) is 7.52. The normalized spacial score (nSPS) is 15.6. The van der Waals surface area contributed by atoms with Crippen molar-refractivity contribution < 1.29 is 13.2 Å². The molecule has 1 aliphatic heterocycles. The first-order chi connectivity index (χ1) is 12.7. The second kappa shape index (κ2) is 6.69. The molecule has 1 aliphatic rings. The van der Waals surface area contributed by atoms with Gasteiger partial charge < -0.3 is 5.32 Å². The molecule has 1 N–H and O–H groups in total. The number of rotatable bonds is 3. The first-order valence-corrected chi connectivity index (χ1v) is 9.23. The van der Waals surface area contributed by atoms with E-state index >= 15 is 0 Å². The average Bonchev–Trinajstić information content (AvgIpc) is 2.96. The van der Waals surface area contributed by atoms with Gasteiger partial charge in [-0.05, 0) is 37.3 Å². The number of hydrogen-bond donors (Lipinski definition) is 1. The third-order valence-corrected chi connectivity index (χ3v) is 5.28. The number of nitrogens with zero attached hydrogens (tertiary/aromatic N) is 5. The summed E-state index contributed by atoms with van der Waals surface area (Å²) in [5, 5.41) is 15.6. The van der Waals surface area contributed by atoms with Gasteiger partial charge in [-0.15, -0.1) is 4.40 Å². The maximum absolute atomic E-state index is 12.7. The van der Waals surface area contributed by atoms with Crippen LogP contribution < -0.4 is 5.32 Å². The number of nitriles is 1. The Morgan fingerprint density at radius 3 is 2.44 bits per heavy atom. The molecular weight excluding hydrogens is 368 g/mol. The molecule has 0 spiro atoms. The average molecular weight is 384 g/mol. The Hall–Kier alpha value is -3.45. The highest BCUT2D eigenvalue weighted by Crippen LogP contribution is 2.22. The van der Waals surface area contributed by atoms with E-state index in [4.69, 9.17) is 5.26 Å². The van der Waals surface area contributed by atoms with Crippen LogP contribution in [0.5, 0.6) is 0 Å². The fourth-order valence-corrected chi connectivity index (χ4v) is 3.47. The van der Waals surface area contributed by atoms with Gasteiger partial charge in [0.25, 0.3) is 5.91 Å². The highest BCUT2D eigenvalue weighted by molar-refractivity contribution is 7.88. The van der Waals surface area contributed by atoms with Gasteiger partial charge in [0, 0.05) is 31.5 Å². The van der Waals surface area contributed by atoms with Crippen molar-refractivity contribution >= 4 is 27.5 Å². The number of carbonyl (C=O) groups is 1. The third kappa shape index (κ3) is 3.58. The summed E-state index contributed by atoms with van der Waals surface area (Å²) >= 11 is 0. The zero-order valence-corrected chi connectivity index (χ0v) is 15.6. The van der Waals surface area contributed by atoms with E-state index in [0.29, 0.717) is 22.5 Å². The number of amides is 1. The summed E-state index contributed by atoms with van der Waals surface area (Å²) in [7, 11) is -1.08. The van der Waals surface area contributed by atoms with E-state index < -0.39 is 16.1 Å². The van der Waals surface area contributed by atoms with Crippen LogP contribution in [0.2, 0.25) is 0 Å². The molecule has 0 saturated carbocycles. The van der Waals surface area contributed by atoms with Crippen molar-refractivity contribution in [3.8, 4) is 6.07 Å². The van der Waals surface area contributed by atoms with Crippen molar-refractivity contribution in [1.82, 2.24) is 14.1 Å². The topological polar surface area (TPSA) is 120 Å². The molecule has 10 heteroatoms. The van der Waals surface area contributed by atoms with Crippen molar-refractivity contribution in [2.75, 3.05) is 12.4 Å². The van der Waals surface area contributed by atoms with E-state index in [1.807, 2.05) is 6.07 Å². The Morgan fingerprint density at radius 2 is 1.89 bits per heavy atom. The molecule has 0 fully saturated rings. The number of aryl methyl sites for hydroxylation is 2. The smallest absolute Gasteiger partial charge is 0.321 e. The van der Waals surface area contributed by atoms with E-state index in [1.54, 1.807) is 49.1 Å². The van der Waals surface area contributed by atoms with Crippen molar-refractivity contribution in [2.45, 2.75) is 6.92 Å². The monoisotopic (exact) mass is 384 g/mol. The van der Waals surface area contributed by atoms with Gasteiger partial charge in [0.05, 0.1) is 23.0 Å². The highest BCUT2D eigenvalue weighted by atomic mass is 32.2. The third-order valence-electron chi connectivity index (χ3n) is 3.97. The van der Waals surface area contributed by atoms with Gasteiger partial charge in [-0.2, -0.15) is 18.8 Å². The first-order valence-electron chi connectivity index (χ1n) is 7.84. The second-order valence-electron chi connectivity index (χ2n) is 5.90. The van der Waals surface area contributed by atoms with Gasteiger partial charge in [0.15, 0.2) is 0 Å². The lowest BCUT2D eigenvalue weighted by atomic mass is 10.1. The zero-order chi connectivity index (χ0) is 19.8. The van der Waals surface area contributed by atoms with Crippen LogP contribution in [0, 0.1) is 18.3 Å². The van der Waals surface area contributed by atoms with Gasteiger partial charge in [-0.25, -0.2) is 4.31 Å². The van der Waals surface area contributed by atoms with Crippen LogP contribution in [0.4, 0.5) is 5.69 Å². The van der Waals surface area contributed by atoms with Gasteiger partial charge in [0.2, 0.25) is 0 Å². The predicted molar refractivity (Wildman–Crippen MR) is 99.0 cm³/mol. The molecular formula is C17H16N6O3S. The number of hydrogen-bond acceptors (Lipinski definition) is 5. The molecule has 9 nitrogen and oxygen atoms in total. The van der Waals surface area contributed by atoms with Gasteiger partial charge in [-0.3, -0.25) is 9.48 Å². The van der Waals surface area contributed by atoms with Crippen LogP contribution >= 0.6 is 0 Å². The molecule has 0 unspecified atom stereocenters. The number of nitrogens with one attached hydrogen (secondary N) is 1. The maximum Gasteiger partial charge on any atom is 0.345 e. The van der Waals surface area contributed by atoms with Gasteiger partial charge in [0.1, 0.15) is 5.70 Å². The molecule has 0 bridgehead atoms. The summed E-state index contributed by atoms with van der Waals surface area (Å²) in [4.78, 5) is 12.7. The minimum atomic E-state index is -4.05. The number of likely N-dealkylation sites (N-methyl/N-ethyl adjacent to an activating group) is 1. The fraction of sp³-hybridized carbons (Fsp3) is 0.176. The van der Waals surface area contributed by atoms with E-state index in [9.17, 15) is 13.2 Å². The molecule has 27 heavy (non-hydrogen) atoms. The van der Waals surface area contributed by atoms with Crippen LogP contribution in [0.1, 0.15) is 16.8 Å². The molecule has 2 aromatic rings. The molecule has 2 heterocycles. The van der Waals surface area contributed by atoms with E-state index in [0.717, 1.165) is 4.31 Å². The lowest BCUT2D eigenvalue weighted by molar-refractivity contribution is -0.113. The van der Waals surface area contributed by atoms with Gasteiger partial charge >= 0.3 is 10.2 Å². The largest absolute Gasteiger partial charge is 0.345 e. The minimum Gasteiger partial charge on any atom is -0.321 e. The van der Waals surface area contributed by atoms with E-state index in [1.165, 1.54) is 13.1 Å². The Balaban J connectivity index is 1.96. The molecule has 3 rings (SSSR count). The van der Waals surface area contributed by atoms with Crippen molar-refractivity contribution in [3.05, 3.63) is 59.1 Å². The lowest BCUT2D eigenvalue weighted by Crippen LogP contribution is -2.35. The predicted octanol–water partition coefficient (Wildman–Crippen LogP) is 1.10. The molecule has 1 amide bonds. The van der Waals surface area contributed by atoms with Gasteiger partial charge in [-0.1, -0.05) is 0 Å². The van der Waals surface area contributed by atoms with Crippen molar-refractivity contribution in [2.24, 2.45) is 11.4 Å². The van der Waals surface area contributed by atoms with Crippen LogP contribution in [0.15, 0.2) is 46.6 Å². The first kappa shape index (κ1) is 18.3. The molecule has 0 radical (unpaired) electrons. The number of anilines is 1. The summed E-state index contributed by atoms with van der Waals surface area (Å²) in [6.45, 7) is 1.73. The van der Waals surface area contributed by atoms with Crippen LogP contribution in [-0.4, -0.2) is 41.2 Å². The highest BCUT2D eigenvalue weighted by Gasteiger charge is 2.30. The SMILES string of the molecule is Cc1nn(C)cc1C1=NS(=O)(=O)N(C)C(C(=O)Nc2ccc(C#N)cc2)=C1. The summed E-state index contributed by atoms with van der Waals surface area (Å²) < 4.78 is 30.9. The summed E-state index contributed by atoms with van der Waals surface area (Å²) in [5.74, 6) is -0.611. The summed E-state index contributed by atoms with van der Waals surface area (Å²) in [6.07, 6.45) is 3.05. The van der Waals surface area contributed by atoms with Crippen LogP contribution in [0.3, 0.4) is 0 Å². The molecule has 138 valence electrons. The molecule has 1 aromatic heterocycles. The quantitative estimate of drug-likeness (QED) is 0.849. The minimum absolute atomic E-state index is 0.0763. The van der Waals surface area contributed by atoms with E-state index in [2.05, 4.69) is 14.8 Å². The number of allylic oxidation sites excluding steroid dienone is 1. The molecule has 0 atom stereocenters. The lowest BCUT2D eigenvalue weighted by Gasteiger charge is -2.23. The molecule has 0 aliphatic carbocycles. The molecule has 1 aromatic carbocycles.